The summed E-state index contributed by atoms with van der Waals surface area (Å²) < 4.78 is 42.6. The maximum absolute atomic E-state index is 13.6. The minimum Gasteiger partial charge on any atom is -0.464 e. The Morgan fingerprint density at radius 1 is 1.28 bits per heavy atom. The van der Waals surface area contributed by atoms with E-state index in [-0.39, 0.29) is 6.61 Å². The van der Waals surface area contributed by atoms with Gasteiger partial charge < -0.3 is 10.1 Å². The number of esters is 1. The Kier molecular flexibility index (Phi) is 5.05. The molecule has 138 valence electrons. The van der Waals surface area contributed by atoms with Crippen LogP contribution in [-0.2, 0) is 19.6 Å². The quantitative estimate of drug-likeness (QED) is 0.509. The van der Waals surface area contributed by atoms with Crippen LogP contribution in [0.4, 0.5) is 9.18 Å². The van der Waals surface area contributed by atoms with Crippen LogP contribution in [0.15, 0.2) is 29.2 Å². The molecule has 0 aliphatic heterocycles. The van der Waals surface area contributed by atoms with E-state index in [1.165, 1.54) is 12.1 Å². The number of hydrogen-bond acceptors (Lipinski definition) is 5. The van der Waals surface area contributed by atoms with Crippen molar-refractivity contribution >= 4 is 22.0 Å². The average Bonchev–Trinajstić information content (AvgIpc) is 3.08. The summed E-state index contributed by atoms with van der Waals surface area (Å²) in [4.78, 5) is 25.3. The molecule has 10 heteroatoms. The zero-order valence-electron chi connectivity index (χ0n) is 14.1. The summed E-state index contributed by atoms with van der Waals surface area (Å²) in [5, 5.41) is 2.44. The lowest BCUT2D eigenvalue weighted by atomic mass is 10.1. The molecule has 0 spiro atoms. The van der Waals surface area contributed by atoms with Crippen LogP contribution in [-0.4, -0.2) is 32.6 Å². The van der Waals surface area contributed by atoms with Crippen molar-refractivity contribution in [3.63, 3.8) is 0 Å². The van der Waals surface area contributed by atoms with Gasteiger partial charge in [0.15, 0.2) is 0 Å². The first-order chi connectivity index (χ1) is 11.6. The number of benzene rings is 1. The van der Waals surface area contributed by atoms with Crippen LogP contribution in [0.25, 0.3) is 0 Å². The SMILES string of the molecule is CCOC(=O)C1(NC(=O)NNS(=O)(=O)c2ccccc2F)CC1(C)C. The molecular formula is C15H20FN3O5S. The summed E-state index contributed by atoms with van der Waals surface area (Å²) in [6.07, 6.45) is 0.353. The first-order valence-corrected chi connectivity index (χ1v) is 9.06. The van der Waals surface area contributed by atoms with E-state index in [0.717, 1.165) is 12.1 Å². The Balaban J connectivity index is 2.03. The molecule has 1 atom stereocenters. The molecule has 3 N–H and O–H groups in total. The monoisotopic (exact) mass is 373 g/mol. The number of hydrogen-bond donors (Lipinski definition) is 3. The molecule has 1 aromatic rings. The fourth-order valence-electron chi connectivity index (χ4n) is 2.54. The van der Waals surface area contributed by atoms with Crippen LogP contribution in [0.5, 0.6) is 0 Å². The second kappa shape index (κ2) is 6.60. The largest absolute Gasteiger partial charge is 0.464 e. The Hall–Kier alpha value is -2.20. The first-order valence-electron chi connectivity index (χ1n) is 7.57. The lowest BCUT2D eigenvalue weighted by molar-refractivity contribution is -0.147. The molecule has 2 amide bonds. The first kappa shape index (κ1) is 19.1. The van der Waals surface area contributed by atoms with Crippen LogP contribution in [0.2, 0.25) is 0 Å². The van der Waals surface area contributed by atoms with E-state index in [4.69, 9.17) is 4.74 Å². The van der Waals surface area contributed by atoms with E-state index in [1.54, 1.807) is 25.6 Å². The molecule has 1 aliphatic carbocycles. The van der Waals surface area contributed by atoms with E-state index in [9.17, 15) is 22.4 Å². The van der Waals surface area contributed by atoms with Gasteiger partial charge in [-0.15, -0.1) is 4.83 Å². The van der Waals surface area contributed by atoms with Gasteiger partial charge in [-0.25, -0.2) is 22.4 Å². The van der Waals surface area contributed by atoms with Crippen LogP contribution in [0.3, 0.4) is 0 Å². The zero-order valence-corrected chi connectivity index (χ0v) is 14.9. The third-order valence-corrected chi connectivity index (χ3v) is 5.39. The molecule has 1 aliphatic rings. The summed E-state index contributed by atoms with van der Waals surface area (Å²) in [5.74, 6) is -1.55. The van der Waals surface area contributed by atoms with Crippen molar-refractivity contribution in [2.24, 2.45) is 5.41 Å². The second-order valence-electron chi connectivity index (χ2n) is 6.30. The van der Waals surface area contributed by atoms with Crippen molar-refractivity contribution in [1.82, 2.24) is 15.6 Å². The maximum atomic E-state index is 13.6. The van der Waals surface area contributed by atoms with Crippen molar-refractivity contribution in [3.05, 3.63) is 30.1 Å². The van der Waals surface area contributed by atoms with Crippen LogP contribution >= 0.6 is 0 Å². The number of carbonyl (C=O) groups is 2. The minimum atomic E-state index is -4.29. The third kappa shape index (κ3) is 3.74. The summed E-state index contributed by atoms with van der Waals surface area (Å²) >= 11 is 0. The van der Waals surface area contributed by atoms with Gasteiger partial charge in [-0.05, 0) is 25.5 Å². The number of rotatable bonds is 6. The van der Waals surface area contributed by atoms with Crippen molar-refractivity contribution < 1.29 is 27.1 Å². The van der Waals surface area contributed by atoms with Crippen LogP contribution in [0, 0.1) is 11.2 Å². The predicted molar refractivity (Wildman–Crippen MR) is 86.2 cm³/mol. The van der Waals surface area contributed by atoms with Gasteiger partial charge in [-0.2, -0.15) is 0 Å². The van der Waals surface area contributed by atoms with Gasteiger partial charge in [-0.1, -0.05) is 26.0 Å². The van der Waals surface area contributed by atoms with E-state index in [2.05, 4.69) is 5.32 Å². The maximum Gasteiger partial charge on any atom is 0.332 e. The highest BCUT2D eigenvalue weighted by molar-refractivity contribution is 7.89. The van der Waals surface area contributed by atoms with Gasteiger partial charge in [0.25, 0.3) is 10.0 Å². The predicted octanol–water partition coefficient (Wildman–Crippen LogP) is 1.05. The van der Waals surface area contributed by atoms with E-state index >= 15 is 0 Å². The van der Waals surface area contributed by atoms with Crippen LogP contribution in [0.1, 0.15) is 27.2 Å². The number of halogens is 1. The minimum absolute atomic E-state index is 0.153. The number of nitrogens with one attached hydrogen (secondary N) is 3. The van der Waals surface area contributed by atoms with Gasteiger partial charge in [0.2, 0.25) is 0 Å². The number of sulfonamides is 1. The second-order valence-corrected chi connectivity index (χ2v) is 7.95. The fraction of sp³-hybridized carbons (Fsp3) is 0.467. The van der Waals surface area contributed by atoms with Crippen molar-refractivity contribution in [2.45, 2.75) is 37.6 Å². The molecule has 2 rings (SSSR count). The molecule has 8 nitrogen and oxygen atoms in total. The third-order valence-electron chi connectivity index (χ3n) is 4.11. The average molecular weight is 373 g/mol. The Morgan fingerprint density at radius 3 is 2.40 bits per heavy atom. The Morgan fingerprint density at radius 2 is 1.88 bits per heavy atom. The van der Waals surface area contributed by atoms with Crippen molar-refractivity contribution in [1.29, 1.82) is 0 Å². The lowest BCUT2D eigenvalue weighted by Gasteiger charge is -2.20. The van der Waals surface area contributed by atoms with E-state index in [0.29, 0.717) is 6.42 Å². The molecule has 0 radical (unpaired) electrons. The van der Waals surface area contributed by atoms with Gasteiger partial charge in [0.1, 0.15) is 16.3 Å². The topological polar surface area (TPSA) is 114 Å². The number of amides is 2. The molecular weight excluding hydrogens is 353 g/mol. The van der Waals surface area contributed by atoms with Gasteiger partial charge in [0.05, 0.1) is 6.61 Å². The number of urea groups is 1. The fourth-order valence-corrected chi connectivity index (χ4v) is 3.46. The smallest absolute Gasteiger partial charge is 0.332 e. The molecule has 0 bridgehead atoms. The number of ether oxygens (including phenoxy) is 1. The molecule has 0 aromatic heterocycles. The summed E-state index contributed by atoms with van der Waals surface area (Å²) in [6.45, 7) is 5.34. The number of carbonyl (C=O) groups excluding carboxylic acids is 2. The Labute approximate surface area is 145 Å². The highest BCUT2D eigenvalue weighted by Crippen LogP contribution is 2.56. The van der Waals surface area contributed by atoms with E-state index < -0.39 is 43.7 Å². The van der Waals surface area contributed by atoms with E-state index in [1.807, 2.05) is 5.43 Å². The van der Waals surface area contributed by atoms with Gasteiger partial charge in [-0.3, -0.25) is 5.43 Å². The molecule has 1 aromatic carbocycles. The molecule has 1 fully saturated rings. The molecule has 1 unspecified atom stereocenters. The molecule has 0 saturated heterocycles. The lowest BCUT2D eigenvalue weighted by Crippen LogP contribution is -2.55. The molecule has 0 heterocycles. The standard InChI is InChI=1S/C15H20FN3O5S/c1-4-24-12(20)15(9-14(15,2)3)17-13(21)18-19-25(22,23)11-8-6-5-7-10(11)16/h5-8,19H,4,9H2,1-3H3,(H2,17,18,21). The summed E-state index contributed by atoms with van der Waals surface area (Å²) in [6, 6.07) is 3.78. The van der Waals surface area contributed by atoms with Gasteiger partial charge >= 0.3 is 12.0 Å². The molecule has 1 saturated carbocycles. The van der Waals surface area contributed by atoms with Gasteiger partial charge in [0, 0.05) is 5.41 Å². The summed E-state index contributed by atoms with van der Waals surface area (Å²) in [5.41, 5.74) is 0.165. The highest BCUT2D eigenvalue weighted by Gasteiger charge is 2.68. The summed E-state index contributed by atoms with van der Waals surface area (Å²) in [7, 11) is -4.29. The normalized spacial score (nSPS) is 21.3. The zero-order chi connectivity index (χ0) is 18.9. The van der Waals surface area contributed by atoms with Crippen molar-refractivity contribution in [2.75, 3.05) is 6.61 Å². The highest BCUT2D eigenvalue weighted by atomic mass is 32.2. The Bertz CT molecular complexity index is 796. The van der Waals surface area contributed by atoms with Crippen LogP contribution < -0.4 is 15.6 Å². The number of hydrazine groups is 1. The molecule has 25 heavy (non-hydrogen) atoms. The van der Waals surface area contributed by atoms with Crippen molar-refractivity contribution in [3.8, 4) is 0 Å².